The van der Waals surface area contributed by atoms with Gasteiger partial charge in [-0.3, -0.25) is 0 Å². The number of hydrogen-bond donors (Lipinski definition) is 1. The van der Waals surface area contributed by atoms with Crippen LogP contribution in [-0.4, -0.2) is 7.11 Å². The van der Waals surface area contributed by atoms with Crippen molar-refractivity contribution in [3.8, 4) is 5.75 Å². The van der Waals surface area contributed by atoms with Gasteiger partial charge in [-0.1, -0.05) is 17.7 Å². The van der Waals surface area contributed by atoms with Gasteiger partial charge in [0.15, 0.2) is 0 Å². The molecule has 0 aliphatic rings. The lowest BCUT2D eigenvalue weighted by atomic mass is 10.1. The highest BCUT2D eigenvalue weighted by molar-refractivity contribution is 8.68. The topological polar surface area (TPSA) is 9.23 Å². The van der Waals surface area contributed by atoms with Crippen molar-refractivity contribution >= 4 is 22.5 Å². The van der Waals surface area contributed by atoms with Crippen molar-refractivity contribution < 1.29 is 4.74 Å². The van der Waals surface area contributed by atoms with Gasteiger partial charge in [0.2, 0.25) is 0 Å². The average molecular weight is 214 g/mol. The Balaban J connectivity index is 3.23. The number of methoxy groups -OCH3 is 1. The van der Waals surface area contributed by atoms with E-state index in [9.17, 15) is 0 Å². The van der Waals surface area contributed by atoms with Crippen molar-refractivity contribution in [2.45, 2.75) is 25.2 Å². The third kappa shape index (κ3) is 2.15. The molecule has 0 unspecified atom stereocenters. The molecule has 0 saturated carbocycles. The highest BCUT2D eigenvalue weighted by Crippen LogP contribution is 2.32. The Morgan fingerprint density at radius 1 is 1.46 bits per heavy atom. The summed E-state index contributed by atoms with van der Waals surface area (Å²) in [4.78, 5) is 1.21. The zero-order valence-electron chi connectivity index (χ0n) is 8.13. The number of rotatable bonds is 3. The van der Waals surface area contributed by atoms with E-state index < -0.39 is 0 Å². The van der Waals surface area contributed by atoms with E-state index in [2.05, 4.69) is 25.5 Å². The lowest BCUT2D eigenvalue weighted by molar-refractivity contribution is 0.409. The molecule has 0 amide bonds. The van der Waals surface area contributed by atoms with Gasteiger partial charge in [0.05, 0.1) is 7.11 Å². The maximum atomic E-state index is 5.28. The van der Waals surface area contributed by atoms with Gasteiger partial charge in [-0.15, -0.1) is 11.7 Å². The summed E-state index contributed by atoms with van der Waals surface area (Å²) in [7, 11) is 3.19. The third-order valence-corrected chi connectivity index (χ3v) is 3.41. The van der Waals surface area contributed by atoms with E-state index in [-0.39, 0.29) is 0 Å². The minimum Gasteiger partial charge on any atom is -0.496 e. The monoisotopic (exact) mass is 214 g/mol. The Morgan fingerprint density at radius 3 is 2.62 bits per heavy atom. The molecule has 0 radical (unpaired) electrons. The summed E-state index contributed by atoms with van der Waals surface area (Å²) in [6.45, 7) is 4.25. The van der Waals surface area contributed by atoms with E-state index in [1.54, 1.807) is 7.11 Å². The molecule has 72 valence electrons. The van der Waals surface area contributed by atoms with Crippen molar-refractivity contribution in [3.05, 3.63) is 23.3 Å². The normalized spacial score (nSPS) is 10.2. The average Bonchev–Trinajstić information content (AvgIpc) is 2.17. The molecule has 0 spiro atoms. The SMILES string of the molecule is CCc1c(OC)ccc(SS)c1C. The van der Waals surface area contributed by atoms with E-state index in [1.807, 2.05) is 12.1 Å². The van der Waals surface area contributed by atoms with Crippen LogP contribution in [0.2, 0.25) is 0 Å². The van der Waals surface area contributed by atoms with E-state index in [0.717, 1.165) is 12.2 Å². The first-order valence-electron chi connectivity index (χ1n) is 4.22. The van der Waals surface area contributed by atoms with Gasteiger partial charge >= 0.3 is 0 Å². The van der Waals surface area contributed by atoms with E-state index in [0.29, 0.717) is 0 Å². The van der Waals surface area contributed by atoms with Gasteiger partial charge < -0.3 is 4.74 Å². The van der Waals surface area contributed by atoms with Gasteiger partial charge in [-0.25, -0.2) is 0 Å². The van der Waals surface area contributed by atoms with Crippen LogP contribution in [-0.2, 0) is 6.42 Å². The summed E-state index contributed by atoms with van der Waals surface area (Å²) in [5, 5.41) is 0. The smallest absolute Gasteiger partial charge is 0.122 e. The van der Waals surface area contributed by atoms with E-state index >= 15 is 0 Å². The van der Waals surface area contributed by atoms with Crippen LogP contribution in [0.4, 0.5) is 0 Å². The zero-order valence-corrected chi connectivity index (χ0v) is 9.84. The number of ether oxygens (including phenoxy) is 1. The minimum atomic E-state index is 0.978. The second kappa shape index (κ2) is 4.82. The molecule has 0 aliphatic carbocycles. The first-order chi connectivity index (χ1) is 6.24. The highest BCUT2D eigenvalue weighted by atomic mass is 33.1. The molecule has 1 rings (SSSR count). The van der Waals surface area contributed by atoms with Crippen molar-refractivity contribution in [2.24, 2.45) is 0 Å². The number of hydrogen-bond acceptors (Lipinski definition) is 3. The highest BCUT2D eigenvalue weighted by Gasteiger charge is 2.07. The molecular weight excluding hydrogens is 200 g/mol. The lowest BCUT2D eigenvalue weighted by Crippen LogP contribution is -1.94. The van der Waals surface area contributed by atoms with E-state index in [4.69, 9.17) is 4.74 Å². The first-order valence-corrected chi connectivity index (χ1v) is 6.09. The van der Waals surface area contributed by atoms with Crippen LogP contribution >= 0.6 is 22.5 Å². The molecule has 0 aromatic heterocycles. The lowest BCUT2D eigenvalue weighted by Gasteiger charge is -2.12. The Bertz CT molecular complexity index is 297. The summed E-state index contributed by atoms with van der Waals surface area (Å²) in [6, 6.07) is 4.05. The van der Waals surface area contributed by atoms with Crippen molar-refractivity contribution in [1.29, 1.82) is 0 Å². The summed E-state index contributed by atoms with van der Waals surface area (Å²) < 4.78 is 5.28. The fourth-order valence-electron chi connectivity index (χ4n) is 1.44. The maximum Gasteiger partial charge on any atom is 0.122 e. The summed E-state index contributed by atoms with van der Waals surface area (Å²) in [6.07, 6.45) is 0.997. The number of thiol groups is 1. The molecule has 0 heterocycles. The molecule has 0 atom stereocenters. The molecule has 1 nitrogen and oxygen atoms in total. The van der Waals surface area contributed by atoms with Crippen molar-refractivity contribution in [2.75, 3.05) is 7.11 Å². The van der Waals surface area contributed by atoms with Crippen LogP contribution in [0, 0.1) is 6.92 Å². The van der Waals surface area contributed by atoms with Gasteiger partial charge in [0.1, 0.15) is 5.75 Å². The molecule has 0 N–H and O–H groups in total. The molecule has 13 heavy (non-hydrogen) atoms. The molecular formula is C10H14OS2. The van der Waals surface area contributed by atoms with Crippen LogP contribution < -0.4 is 4.74 Å². The molecule has 1 aromatic carbocycles. The fourth-order valence-corrected chi connectivity index (χ4v) is 2.42. The van der Waals surface area contributed by atoms with Gasteiger partial charge in [-0.05, 0) is 36.6 Å². The summed E-state index contributed by atoms with van der Waals surface area (Å²) in [5.41, 5.74) is 2.56. The van der Waals surface area contributed by atoms with Gasteiger partial charge in [-0.2, -0.15) is 0 Å². The van der Waals surface area contributed by atoms with Crippen molar-refractivity contribution in [1.82, 2.24) is 0 Å². The van der Waals surface area contributed by atoms with Crippen molar-refractivity contribution in [3.63, 3.8) is 0 Å². The van der Waals surface area contributed by atoms with E-state index in [1.165, 1.54) is 26.8 Å². The quantitative estimate of drug-likeness (QED) is 0.609. The zero-order chi connectivity index (χ0) is 9.84. The Morgan fingerprint density at radius 2 is 2.15 bits per heavy atom. The maximum absolute atomic E-state index is 5.28. The largest absolute Gasteiger partial charge is 0.496 e. The molecule has 0 fully saturated rings. The standard InChI is InChI=1S/C10H14OS2/c1-4-8-7(2)10(13-12)6-5-9(8)11-3/h5-6,12H,4H2,1-3H3. The van der Waals surface area contributed by atoms with Crippen LogP contribution in [0.25, 0.3) is 0 Å². The second-order valence-corrected chi connectivity index (χ2v) is 3.98. The Kier molecular flexibility index (Phi) is 4.00. The molecule has 0 bridgehead atoms. The molecule has 0 aliphatic heterocycles. The molecule has 0 saturated heterocycles. The summed E-state index contributed by atoms with van der Waals surface area (Å²) in [5.74, 6) is 0.978. The van der Waals surface area contributed by atoms with Crippen LogP contribution in [0.5, 0.6) is 5.75 Å². The Hall–Kier alpha value is -0.280. The first kappa shape index (κ1) is 10.8. The second-order valence-electron chi connectivity index (χ2n) is 2.81. The van der Waals surface area contributed by atoms with Crippen LogP contribution in [0.1, 0.15) is 18.1 Å². The minimum absolute atomic E-state index is 0.978. The van der Waals surface area contributed by atoms with Gasteiger partial charge in [0.25, 0.3) is 0 Å². The van der Waals surface area contributed by atoms with Crippen LogP contribution in [0.3, 0.4) is 0 Å². The Labute approximate surface area is 88.7 Å². The van der Waals surface area contributed by atoms with Crippen LogP contribution in [0.15, 0.2) is 17.0 Å². The fraction of sp³-hybridized carbons (Fsp3) is 0.400. The molecule has 1 aromatic rings. The van der Waals surface area contributed by atoms with Gasteiger partial charge in [0, 0.05) is 4.90 Å². The number of benzene rings is 1. The third-order valence-electron chi connectivity index (χ3n) is 2.18. The molecule has 3 heteroatoms. The predicted molar refractivity (Wildman–Crippen MR) is 62.0 cm³/mol. The summed E-state index contributed by atoms with van der Waals surface area (Å²) >= 11 is 4.21. The predicted octanol–water partition coefficient (Wildman–Crippen LogP) is 3.50.